The van der Waals surface area contributed by atoms with Gasteiger partial charge in [-0.3, -0.25) is 0 Å². The highest BCUT2D eigenvalue weighted by atomic mass is 15.1. The highest BCUT2D eigenvalue weighted by Gasteiger charge is 2.22. The third-order valence-electron chi connectivity index (χ3n) is 3.76. The molecule has 0 spiro atoms. The monoisotopic (exact) mass is 287 g/mol. The van der Waals surface area contributed by atoms with Crippen LogP contribution in [0.1, 0.15) is 12.8 Å². The maximum Gasteiger partial charge on any atom is 0.162 e. The molecule has 1 aliphatic rings. The first-order valence-corrected chi connectivity index (χ1v) is 7.65. The van der Waals surface area contributed by atoms with Gasteiger partial charge in [0.25, 0.3) is 0 Å². The molecule has 108 valence electrons. The van der Waals surface area contributed by atoms with Gasteiger partial charge in [-0.25, -0.2) is 9.97 Å². The minimum absolute atomic E-state index is 0.571. The molecule has 3 aromatic rings. The van der Waals surface area contributed by atoms with Crippen LogP contribution >= 0.6 is 0 Å². The standard InChI is InChI=1S/C19H17N3/c1-3-7-14(8-4-1)17-13-18(20-16-11-12-16)22-19(21-17)15-9-5-2-6-10-15/h1-10,13,16H,11-12H2,(H,20,21,22). The third-order valence-corrected chi connectivity index (χ3v) is 3.76. The summed E-state index contributed by atoms with van der Waals surface area (Å²) < 4.78 is 0. The topological polar surface area (TPSA) is 37.8 Å². The van der Waals surface area contributed by atoms with Crippen molar-refractivity contribution in [2.24, 2.45) is 0 Å². The Hall–Kier alpha value is -2.68. The summed E-state index contributed by atoms with van der Waals surface area (Å²) in [4.78, 5) is 9.44. The highest BCUT2D eigenvalue weighted by Crippen LogP contribution is 2.28. The maximum atomic E-state index is 4.75. The predicted octanol–water partition coefficient (Wildman–Crippen LogP) is 4.38. The second-order valence-corrected chi connectivity index (χ2v) is 5.61. The SMILES string of the molecule is c1ccc(-c2cc(NC3CC3)nc(-c3ccccc3)n2)cc1. The largest absolute Gasteiger partial charge is 0.367 e. The quantitative estimate of drug-likeness (QED) is 0.773. The van der Waals surface area contributed by atoms with Crippen LogP contribution in [0, 0.1) is 0 Å². The number of hydrogen-bond donors (Lipinski definition) is 1. The Morgan fingerprint density at radius 2 is 1.41 bits per heavy atom. The van der Waals surface area contributed by atoms with E-state index in [2.05, 4.69) is 22.4 Å². The number of rotatable bonds is 4. The fraction of sp³-hybridized carbons (Fsp3) is 0.158. The number of benzene rings is 2. The molecule has 1 N–H and O–H groups in total. The van der Waals surface area contributed by atoms with Crippen molar-refractivity contribution in [1.29, 1.82) is 0 Å². The molecule has 2 aromatic carbocycles. The van der Waals surface area contributed by atoms with Crippen molar-refractivity contribution in [3.8, 4) is 22.6 Å². The lowest BCUT2D eigenvalue weighted by Gasteiger charge is -2.10. The van der Waals surface area contributed by atoms with Gasteiger partial charge in [-0.2, -0.15) is 0 Å². The van der Waals surface area contributed by atoms with E-state index in [9.17, 15) is 0 Å². The second-order valence-electron chi connectivity index (χ2n) is 5.61. The highest BCUT2D eigenvalue weighted by molar-refractivity contribution is 5.67. The van der Waals surface area contributed by atoms with Crippen molar-refractivity contribution in [1.82, 2.24) is 9.97 Å². The van der Waals surface area contributed by atoms with Gasteiger partial charge < -0.3 is 5.32 Å². The van der Waals surface area contributed by atoms with Crippen LogP contribution < -0.4 is 5.32 Å². The Labute approximate surface area is 130 Å². The van der Waals surface area contributed by atoms with Crippen LogP contribution in [0.25, 0.3) is 22.6 Å². The van der Waals surface area contributed by atoms with Gasteiger partial charge in [0.05, 0.1) is 5.69 Å². The van der Waals surface area contributed by atoms with E-state index in [-0.39, 0.29) is 0 Å². The lowest BCUT2D eigenvalue weighted by Crippen LogP contribution is -2.05. The molecule has 1 aliphatic carbocycles. The summed E-state index contributed by atoms with van der Waals surface area (Å²) in [6.45, 7) is 0. The van der Waals surface area contributed by atoms with Crippen molar-refractivity contribution in [2.45, 2.75) is 18.9 Å². The van der Waals surface area contributed by atoms with Crippen molar-refractivity contribution in [3.05, 3.63) is 66.7 Å². The fourth-order valence-electron chi connectivity index (χ4n) is 2.43. The first-order chi connectivity index (χ1) is 10.9. The van der Waals surface area contributed by atoms with Crippen LogP contribution in [0.15, 0.2) is 66.7 Å². The van der Waals surface area contributed by atoms with E-state index in [1.165, 1.54) is 12.8 Å². The molecule has 0 radical (unpaired) electrons. The fourth-order valence-corrected chi connectivity index (χ4v) is 2.43. The normalized spacial score (nSPS) is 13.8. The molecule has 3 heteroatoms. The predicted molar refractivity (Wildman–Crippen MR) is 89.5 cm³/mol. The van der Waals surface area contributed by atoms with Crippen molar-refractivity contribution < 1.29 is 0 Å². The maximum absolute atomic E-state index is 4.75. The number of nitrogens with one attached hydrogen (secondary N) is 1. The van der Waals surface area contributed by atoms with Crippen LogP contribution in [0.3, 0.4) is 0 Å². The molecule has 1 fully saturated rings. The molecule has 1 aromatic heterocycles. The van der Waals surface area contributed by atoms with Gasteiger partial charge in [0.15, 0.2) is 5.82 Å². The van der Waals surface area contributed by atoms with Crippen LogP contribution in [-0.4, -0.2) is 16.0 Å². The molecule has 4 rings (SSSR count). The Bertz CT molecular complexity index is 707. The molecular formula is C19H17N3. The van der Waals surface area contributed by atoms with E-state index in [0.717, 1.165) is 28.5 Å². The molecule has 0 bridgehead atoms. The zero-order valence-electron chi connectivity index (χ0n) is 12.2. The van der Waals surface area contributed by atoms with Gasteiger partial charge in [-0.15, -0.1) is 0 Å². The summed E-state index contributed by atoms with van der Waals surface area (Å²) in [7, 11) is 0. The number of aromatic nitrogens is 2. The third kappa shape index (κ3) is 2.84. The van der Waals surface area contributed by atoms with Crippen LogP contribution in [0.5, 0.6) is 0 Å². The molecular weight excluding hydrogens is 270 g/mol. The summed E-state index contributed by atoms with van der Waals surface area (Å²) >= 11 is 0. The zero-order chi connectivity index (χ0) is 14.8. The summed E-state index contributed by atoms with van der Waals surface area (Å²) in [6, 6.07) is 23.0. The molecule has 0 unspecified atom stereocenters. The van der Waals surface area contributed by atoms with Crippen molar-refractivity contribution in [3.63, 3.8) is 0 Å². The van der Waals surface area contributed by atoms with Gasteiger partial charge in [0.1, 0.15) is 5.82 Å². The molecule has 1 saturated carbocycles. The molecule has 1 heterocycles. The van der Waals surface area contributed by atoms with E-state index in [1.54, 1.807) is 0 Å². The lowest BCUT2D eigenvalue weighted by molar-refractivity contribution is 1.09. The van der Waals surface area contributed by atoms with E-state index >= 15 is 0 Å². The van der Waals surface area contributed by atoms with Gasteiger partial charge in [-0.1, -0.05) is 60.7 Å². The van der Waals surface area contributed by atoms with E-state index in [0.29, 0.717) is 6.04 Å². The first kappa shape index (κ1) is 13.0. The number of anilines is 1. The van der Waals surface area contributed by atoms with Crippen LogP contribution in [-0.2, 0) is 0 Å². The average Bonchev–Trinajstić information content (AvgIpc) is 3.40. The number of nitrogens with zero attached hydrogens (tertiary/aromatic N) is 2. The summed E-state index contributed by atoms with van der Waals surface area (Å²) in [5.74, 6) is 1.68. The van der Waals surface area contributed by atoms with Crippen molar-refractivity contribution >= 4 is 5.82 Å². The smallest absolute Gasteiger partial charge is 0.162 e. The van der Waals surface area contributed by atoms with Gasteiger partial charge >= 0.3 is 0 Å². The van der Waals surface area contributed by atoms with Crippen LogP contribution in [0.4, 0.5) is 5.82 Å². The Balaban J connectivity index is 1.80. The number of hydrogen-bond acceptors (Lipinski definition) is 3. The minimum atomic E-state index is 0.571. The Morgan fingerprint density at radius 1 is 0.773 bits per heavy atom. The second kappa shape index (κ2) is 5.60. The van der Waals surface area contributed by atoms with E-state index in [1.807, 2.05) is 54.6 Å². The average molecular weight is 287 g/mol. The minimum Gasteiger partial charge on any atom is -0.367 e. The van der Waals surface area contributed by atoms with Crippen molar-refractivity contribution in [2.75, 3.05) is 5.32 Å². The first-order valence-electron chi connectivity index (χ1n) is 7.65. The zero-order valence-corrected chi connectivity index (χ0v) is 12.2. The lowest BCUT2D eigenvalue weighted by atomic mass is 10.1. The molecule has 0 atom stereocenters. The van der Waals surface area contributed by atoms with E-state index < -0.39 is 0 Å². The molecule has 3 nitrogen and oxygen atoms in total. The summed E-state index contributed by atoms with van der Waals surface area (Å²) in [5.41, 5.74) is 3.11. The van der Waals surface area contributed by atoms with E-state index in [4.69, 9.17) is 4.98 Å². The molecule has 22 heavy (non-hydrogen) atoms. The summed E-state index contributed by atoms with van der Waals surface area (Å²) in [5, 5.41) is 3.49. The van der Waals surface area contributed by atoms with Crippen LogP contribution in [0.2, 0.25) is 0 Å². The van der Waals surface area contributed by atoms with Gasteiger partial charge in [0, 0.05) is 23.2 Å². The molecule has 0 amide bonds. The Kier molecular flexibility index (Phi) is 3.31. The summed E-state index contributed by atoms with van der Waals surface area (Å²) in [6.07, 6.45) is 2.46. The van der Waals surface area contributed by atoms with Gasteiger partial charge in [0.2, 0.25) is 0 Å². The molecule has 0 saturated heterocycles. The Morgan fingerprint density at radius 3 is 2.05 bits per heavy atom. The molecule has 0 aliphatic heterocycles. The van der Waals surface area contributed by atoms with Gasteiger partial charge in [-0.05, 0) is 12.8 Å².